The maximum atomic E-state index is 13.9. The number of aliphatic hydroxyl groups excluding tert-OH is 1. The number of carboxylic acid groups (broad SMARTS) is 1. The largest absolute Gasteiger partial charge is 0.480 e. The molecule has 39 heavy (non-hydrogen) atoms. The molecule has 1 aromatic heterocycles. The Morgan fingerprint density at radius 2 is 1.74 bits per heavy atom. The average Bonchev–Trinajstić information content (AvgIpc) is 3.44. The Morgan fingerprint density at radius 3 is 2.44 bits per heavy atom. The Morgan fingerprint density at radius 1 is 1.05 bits per heavy atom. The highest BCUT2D eigenvalue weighted by Crippen LogP contribution is 2.46. The SMILES string of the molecule is CCC(C)[C@H](NC(=O)[C@@H]1Cc2c([nH]c3ccccc23)C2c3ccccc3C(=O)N21)C(=O)N[C@H](C(=O)O)C(C)O. The summed E-state index contributed by atoms with van der Waals surface area (Å²) in [5.74, 6) is -3.19. The number of hydrogen-bond donors (Lipinski definition) is 5. The summed E-state index contributed by atoms with van der Waals surface area (Å²) in [6, 6.07) is 11.1. The lowest BCUT2D eigenvalue weighted by molar-refractivity contribution is -0.145. The molecule has 3 amide bonds. The van der Waals surface area contributed by atoms with E-state index in [1.54, 1.807) is 24.0 Å². The first-order chi connectivity index (χ1) is 18.6. The Hall–Kier alpha value is -4.18. The van der Waals surface area contributed by atoms with Gasteiger partial charge in [-0.3, -0.25) is 14.4 Å². The minimum absolute atomic E-state index is 0.252. The summed E-state index contributed by atoms with van der Waals surface area (Å²) in [5, 5.41) is 25.4. The molecule has 0 radical (unpaired) electrons. The van der Waals surface area contributed by atoms with Gasteiger partial charge in [0.1, 0.15) is 12.1 Å². The number of fused-ring (bicyclic) bond motifs is 7. The lowest BCUT2D eigenvalue weighted by atomic mass is 9.89. The van der Waals surface area contributed by atoms with Crippen LogP contribution >= 0.6 is 0 Å². The first-order valence-corrected chi connectivity index (χ1v) is 13.2. The molecule has 0 bridgehead atoms. The van der Waals surface area contributed by atoms with Gasteiger partial charge in [-0.1, -0.05) is 56.7 Å². The quantitative estimate of drug-likeness (QED) is 0.300. The van der Waals surface area contributed by atoms with Gasteiger partial charge in [-0.15, -0.1) is 0 Å². The standard InChI is InChI=1S/C29H32N4O6/c1-4-14(2)22(27(36)32-23(15(3)34)29(38)39)31-26(35)21-13-19-16-9-7-8-12-20(16)30-24(19)25-17-10-5-6-11-18(17)28(37)33(21)25/h5-12,14-15,21-23,25,30,34H,4,13H2,1-3H3,(H,31,35)(H,32,36)(H,38,39)/t14?,15?,21-,22-,23-,25?/m0/s1. The zero-order valence-corrected chi connectivity index (χ0v) is 22.0. The van der Waals surface area contributed by atoms with E-state index in [0.29, 0.717) is 12.0 Å². The predicted octanol–water partition coefficient (Wildman–Crippen LogP) is 2.12. The molecule has 0 fully saturated rings. The molecule has 5 rings (SSSR count). The molecule has 3 aromatic rings. The van der Waals surface area contributed by atoms with Crippen molar-refractivity contribution in [1.29, 1.82) is 0 Å². The number of aromatic nitrogens is 1. The van der Waals surface area contributed by atoms with Crippen molar-refractivity contribution in [2.75, 3.05) is 0 Å². The van der Waals surface area contributed by atoms with E-state index in [1.165, 1.54) is 6.92 Å². The van der Waals surface area contributed by atoms with Crippen LogP contribution in [-0.2, 0) is 20.8 Å². The maximum Gasteiger partial charge on any atom is 0.328 e. The van der Waals surface area contributed by atoms with Crippen LogP contribution in [0.25, 0.3) is 10.9 Å². The van der Waals surface area contributed by atoms with E-state index in [1.807, 2.05) is 43.3 Å². The topological polar surface area (TPSA) is 152 Å². The van der Waals surface area contributed by atoms with Gasteiger partial charge in [0.25, 0.3) is 5.91 Å². The van der Waals surface area contributed by atoms with Crippen LogP contribution in [0, 0.1) is 5.92 Å². The van der Waals surface area contributed by atoms with Crippen LogP contribution in [-0.4, -0.2) is 68.0 Å². The third kappa shape index (κ3) is 4.44. The third-order valence-electron chi connectivity index (χ3n) is 7.99. The Balaban J connectivity index is 1.51. The Kier molecular flexibility index (Phi) is 6.90. The van der Waals surface area contributed by atoms with Crippen LogP contribution in [0.1, 0.15) is 60.4 Å². The summed E-state index contributed by atoms with van der Waals surface area (Å²) < 4.78 is 0. The number of carbonyl (C=O) groups is 4. The molecular formula is C29H32N4O6. The summed E-state index contributed by atoms with van der Waals surface area (Å²) in [6.45, 7) is 4.91. The lowest BCUT2D eigenvalue weighted by Gasteiger charge is -2.38. The molecule has 2 aliphatic rings. The third-order valence-corrected chi connectivity index (χ3v) is 7.99. The molecule has 0 saturated heterocycles. The van der Waals surface area contributed by atoms with Crippen molar-refractivity contribution < 1.29 is 29.4 Å². The number of aliphatic carboxylic acids is 1. The number of rotatable bonds is 8. The number of nitrogens with zero attached hydrogens (tertiary/aromatic N) is 1. The summed E-state index contributed by atoms with van der Waals surface area (Å²) in [5.41, 5.74) is 4.07. The van der Waals surface area contributed by atoms with Crippen molar-refractivity contribution in [3.05, 3.63) is 70.9 Å². The number of hydrogen-bond acceptors (Lipinski definition) is 5. The van der Waals surface area contributed by atoms with Crippen LogP contribution in [0.15, 0.2) is 48.5 Å². The van der Waals surface area contributed by atoms with Gasteiger partial charge < -0.3 is 30.7 Å². The van der Waals surface area contributed by atoms with Crippen LogP contribution in [0.3, 0.4) is 0 Å². The molecule has 3 unspecified atom stereocenters. The molecule has 2 aromatic carbocycles. The monoisotopic (exact) mass is 532 g/mol. The first kappa shape index (κ1) is 26.4. The molecule has 0 aliphatic carbocycles. The highest BCUT2D eigenvalue weighted by molar-refractivity contribution is 6.04. The van der Waals surface area contributed by atoms with Gasteiger partial charge in [0.2, 0.25) is 11.8 Å². The summed E-state index contributed by atoms with van der Waals surface area (Å²) in [6.07, 6.45) is -0.555. The molecule has 6 atom stereocenters. The number of nitrogens with one attached hydrogen (secondary N) is 3. The number of aromatic amines is 1. The number of H-pyrrole nitrogens is 1. The molecule has 10 nitrogen and oxygen atoms in total. The van der Waals surface area contributed by atoms with Crippen LogP contribution in [0.4, 0.5) is 0 Å². The van der Waals surface area contributed by atoms with E-state index < -0.39 is 48.1 Å². The minimum atomic E-state index is -1.52. The molecule has 5 N–H and O–H groups in total. The number of para-hydroxylation sites is 1. The van der Waals surface area contributed by atoms with Gasteiger partial charge in [-0.05, 0) is 36.1 Å². The molecule has 0 spiro atoms. The number of benzene rings is 2. The smallest absolute Gasteiger partial charge is 0.328 e. The summed E-state index contributed by atoms with van der Waals surface area (Å²) in [7, 11) is 0. The van der Waals surface area contributed by atoms with Gasteiger partial charge >= 0.3 is 5.97 Å². The summed E-state index contributed by atoms with van der Waals surface area (Å²) >= 11 is 0. The lowest BCUT2D eigenvalue weighted by Crippen LogP contribution is -2.60. The molecule has 0 saturated carbocycles. The average molecular weight is 533 g/mol. The van der Waals surface area contributed by atoms with E-state index in [2.05, 4.69) is 15.6 Å². The van der Waals surface area contributed by atoms with Gasteiger partial charge in [-0.25, -0.2) is 4.79 Å². The fraction of sp³-hybridized carbons (Fsp3) is 0.379. The van der Waals surface area contributed by atoms with Gasteiger partial charge in [0.15, 0.2) is 6.04 Å². The molecule has 10 heteroatoms. The van der Waals surface area contributed by atoms with E-state index >= 15 is 0 Å². The molecule has 3 heterocycles. The minimum Gasteiger partial charge on any atom is -0.480 e. The number of carbonyl (C=O) groups excluding carboxylic acids is 3. The second-order valence-electron chi connectivity index (χ2n) is 10.4. The Bertz CT molecular complexity index is 1460. The molecular weight excluding hydrogens is 500 g/mol. The second kappa shape index (κ2) is 10.2. The van der Waals surface area contributed by atoms with Crippen molar-refractivity contribution in [3.8, 4) is 0 Å². The van der Waals surface area contributed by atoms with Crippen molar-refractivity contribution in [3.63, 3.8) is 0 Å². The van der Waals surface area contributed by atoms with E-state index in [4.69, 9.17) is 0 Å². The number of amides is 3. The van der Waals surface area contributed by atoms with Crippen molar-refractivity contribution in [2.24, 2.45) is 5.92 Å². The highest BCUT2D eigenvalue weighted by Gasteiger charge is 2.49. The van der Waals surface area contributed by atoms with Gasteiger partial charge in [-0.2, -0.15) is 0 Å². The van der Waals surface area contributed by atoms with Crippen molar-refractivity contribution >= 4 is 34.6 Å². The highest BCUT2D eigenvalue weighted by atomic mass is 16.4. The van der Waals surface area contributed by atoms with Crippen molar-refractivity contribution in [2.45, 2.75) is 63.9 Å². The van der Waals surface area contributed by atoms with Crippen LogP contribution in [0.2, 0.25) is 0 Å². The predicted molar refractivity (Wildman–Crippen MR) is 143 cm³/mol. The van der Waals surface area contributed by atoms with E-state index in [9.17, 15) is 29.4 Å². The molecule has 2 aliphatic heterocycles. The maximum absolute atomic E-state index is 13.9. The normalized spacial score (nSPS) is 20.8. The second-order valence-corrected chi connectivity index (χ2v) is 10.4. The van der Waals surface area contributed by atoms with Crippen LogP contribution in [0.5, 0.6) is 0 Å². The van der Waals surface area contributed by atoms with Gasteiger partial charge in [0.05, 0.1) is 12.1 Å². The van der Waals surface area contributed by atoms with Crippen LogP contribution < -0.4 is 10.6 Å². The fourth-order valence-corrected chi connectivity index (χ4v) is 5.72. The number of aliphatic hydroxyl groups is 1. The van der Waals surface area contributed by atoms with Gasteiger partial charge in [0, 0.05) is 28.6 Å². The fourth-order valence-electron chi connectivity index (χ4n) is 5.72. The van der Waals surface area contributed by atoms with Crippen molar-refractivity contribution in [1.82, 2.24) is 20.5 Å². The first-order valence-electron chi connectivity index (χ1n) is 13.2. The zero-order chi connectivity index (χ0) is 28.0. The summed E-state index contributed by atoms with van der Waals surface area (Å²) in [4.78, 5) is 57.4. The Labute approximate surface area is 225 Å². The zero-order valence-electron chi connectivity index (χ0n) is 22.0. The molecule has 204 valence electrons. The van der Waals surface area contributed by atoms with E-state index in [0.717, 1.165) is 27.7 Å². The number of carboxylic acids is 1. The van der Waals surface area contributed by atoms with E-state index in [-0.39, 0.29) is 18.2 Å².